The molecule has 1 N–H and O–H groups in total. The minimum atomic E-state index is 0.266. The number of pyridine rings is 4. The molecular formula is C54H39BrN6O2. The molecule has 0 unspecified atom stereocenters. The van der Waals surface area contributed by atoms with E-state index in [2.05, 4.69) is 137 Å². The molecular weight excluding hydrogens is 845 g/mol. The number of phenolic OH excluding ortho intramolecular Hbond substituents is 1. The number of aryl methyl sites for hydroxylation is 2. The van der Waals surface area contributed by atoms with E-state index in [0.29, 0.717) is 0 Å². The van der Waals surface area contributed by atoms with Crippen molar-refractivity contribution in [3.05, 3.63) is 211 Å². The van der Waals surface area contributed by atoms with Crippen molar-refractivity contribution in [3.63, 3.8) is 0 Å². The molecule has 0 aliphatic carbocycles. The fourth-order valence-electron chi connectivity index (χ4n) is 7.99. The molecule has 0 fully saturated rings. The van der Waals surface area contributed by atoms with Crippen molar-refractivity contribution in [3.8, 4) is 39.8 Å². The predicted molar refractivity (Wildman–Crippen MR) is 259 cm³/mol. The molecule has 12 aromatic rings. The van der Waals surface area contributed by atoms with Crippen molar-refractivity contribution in [1.82, 2.24) is 28.7 Å². The van der Waals surface area contributed by atoms with Gasteiger partial charge >= 0.3 is 0 Å². The Morgan fingerprint density at radius 1 is 0.460 bits per heavy atom. The zero-order valence-corrected chi connectivity index (χ0v) is 36.0. The Morgan fingerprint density at radius 3 is 1.59 bits per heavy atom. The van der Waals surface area contributed by atoms with Crippen LogP contribution in [0.5, 0.6) is 17.2 Å². The minimum Gasteiger partial charge on any atom is -0.508 e. The Morgan fingerprint density at radius 2 is 1.00 bits per heavy atom. The van der Waals surface area contributed by atoms with E-state index in [-0.39, 0.29) is 5.75 Å². The summed E-state index contributed by atoms with van der Waals surface area (Å²) in [7, 11) is 0. The van der Waals surface area contributed by atoms with Gasteiger partial charge in [0, 0.05) is 74.3 Å². The van der Waals surface area contributed by atoms with Crippen molar-refractivity contribution in [1.29, 1.82) is 0 Å². The Hall–Kier alpha value is -7.88. The molecule has 0 radical (unpaired) electrons. The van der Waals surface area contributed by atoms with Gasteiger partial charge in [-0.25, -0.2) is 9.97 Å². The molecule has 0 amide bonds. The van der Waals surface area contributed by atoms with Gasteiger partial charge in [0.1, 0.15) is 28.5 Å². The number of hydrogen-bond donors (Lipinski definition) is 1. The van der Waals surface area contributed by atoms with Crippen LogP contribution in [0.25, 0.3) is 77.2 Å². The average Bonchev–Trinajstić information content (AvgIpc) is 4.04. The normalized spacial score (nSPS) is 11.2. The third-order valence-corrected chi connectivity index (χ3v) is 12.0. The maximum atomic E-state index is 9.66. The maximum Gasteiger partial charge on any atom is 0.145 e. The van der Waals surface area contributed by atoms with Crippen LogP contribution in [0.15, 0.2) is 199 Å². The third kappa shape index (κ3) is 7.71. The number of aromatic hydroxyl groups is 1. The SMILES string of the molecule is Cc1ccc(-c2ccccn2)cc1Br.Cc1ccc(-c2ccccn2)cc1Oc1ccc2c3ccccc3n3ccnc3c2c1.Oc1ccc2c3ccccc3n3ccnc3c2c1. The zero-order valence-electron chi connectivity index (χ0n) is 34.4. The summed E-state index contributed by atoms with van der Waals surface area (Å²) < 4.78 is 11.7. The molecule has 304 valence electrons. The number of phenols is 1. The monoisotopic (exact) mass is 882 g/mol. The number of aromatic nitrogens is 6. The fraction of sp³-hybridized carbons (Fsp3) is 0.0370. The van der Waals surface area contributed by atoms with E-state index in [1.165, 1.54) is 16.3 Å². The summed E-state index contributed by atoms with van der Waals surface area (Å²) in [6.07, 6.45) is 11.2. The molecule has 0 atom stereocenters. The number of rotatable bonds is 4. The molecule has 0 bridgehead atoms. The van der Waals surface area contributed by atoms with Crippen molar-refractivity contribution in [2.75, 3.05) is 0 Å². The molecule has 6 aromatic carbocycles. The lowest BCUT2D eigenvalue weighted by Crippen LogP contribution is -1.93. The Balaban J connectivity index is 0.000000124. The first-order valence-electron chi connectivity index (χ1n) is 20.5. The number of ether oxygens (including phenoxy) is 1. The molecule has 0 saturated heterocycles. The number of imidazole rings is 2. The molecule has 8 nitrogen and oxygen atoms in total. The van der Waals surface area contributed by atoms with Crippen LogP contribution in [0.3, 0.4) is 0 Å². The first-order chi connectivity index (χ1) is 30.9. The van der Waals surface area contributed by atoms with Crippen molar-refractivity contribution in [2.24, 2.45) is 0 Å². The van der Waals surface area contributed by atoms with E-state index in [1.54, 1.807) is 24.5 Å². The number of para-hydroxylation sites is 2. The molecule has 6 aromatic heterocycles. The topological polar surface area (TPSA) is 89.8 Å². The summed E-state index contributed by atoms with van der Waals surface area (Å²) in [5.41, 5.74) is 10.5. The second-order valence-electron chi connectivity index (χ2n) is 15.2. The van der Waals surface area contributed by atoms with Crippen LogP contribution in [-0.4, -0.2) is 33.8 Å². The first-order valence-corrected chi connectivity index (χ1v) is 21.3. The van der Waals surface area contributed by atoms with E-state index in [1.807, 2.05) is 91.5 Å². The zero-order chi connectivity index (χ0) is 42.9. The molecule has 0 saturated carbocycles. The lowest BCUT2D eigenvalue weighted by molar-refractivity contribution is 0.476. The standard InChI is InChI=1S/C27H19N3O.C15H10N2O.C12H10BrN/c1-18-9-10-19(24-7-4-5-13-28-24)16-26(18)31-20-11-12-21-22-6-2-3-8-25(22)30-15-14-29-27(30)23(21)17-20;18-10-5-6-11-12-3-1-2-4-14(12)17-8-7-16-15(17)13(11)9-10;1-9-5-6-10(8-11(9)13)12-4-2-3-7-14-12/h2-17H,1H3;1-9,18H;2-8H,1H3. The molecule has 0 aliphatic rings. The van der Waals surface area contributed by atoms with Gasteiger partial charge < -0.3 is 9.84 Å². The highest BCUT2D eigenvalue weighted by molar-refractivity contribution is 9.10. The van der Waals surface area contributed by atoms with E-state index in [9.17, 15) is 5.11 Å². The van der Waals surface area contributed by atoms with E-state index in [0.717, 1.165) is 87.9 Å². The third-order valence-electron chi connectivity index (χ3n) is 11.2. The second-order valence-corrected chi connectivity index (χ2v) is 16.0. The van der Waals surface area contributed by atoms with Gasteiger partial charge in [0.25, 0.3) is 0 Å². The number of benzene rings is 6. The summed E-state index contributed by atoms with van der Waals surface area (Å²) in [6, 6.07) is 52.6. The maximum absolute atomic E-state index is 9.66. The largest absolute Gasteiger partial charge is 0.508 e. The van der Waals surface area contributed by atoms with Crippen LogP contribution in [0.1, 0.15) is 11.1 Å². The quantitative estimate of drug-likeness (QED) is 0.177. The first kappa shape index (κ1) is 39.3. The van der Waals surface area contributed by atoms with Crippen LogP contribution < -0.4 is 4.74 Å². The van der Waals surface area contributed by atoms with Gasteiger partial charge in [-0.05, 0) is 121 Å². The summed E-state index contributed by atoms with van der Waals surface area (Å²) in [6.45, 7) is 4.13. The number of nitrogens with zero attached hydrogens (tertiary/aromatic N) is 6. The van der Waals surface area contributed by atoms with Gasteiger partial charge in [-0.3, -0.25) is 18.8 Å². The summed E-state index contributed by atoms with van der Waals surface area (Å²) in [4.78, 5) is 17.8. The Bertz CT molecular complexity index is 3610. The lowest BCUT2D eigenvalue weighted by atomic mass is 10.1. The number of halogens is 1. The van der Waals surface area contributed by atoms with Gasteiger partial charge in [0.05, 0.1) is 22.4 Å². The van der Waals surface area contributed by atoms with Crippen molar-refractivity contribution < 1.29 is 9.84 Å². The van der Waals surface area contributed by atoms with Crippen LogP contribution >= 0.6 is 15.9 Å². The van der Waals surface area contributed by atoms with Crippen LogP contribution in [0.4, 0.5) is 0 Å². The van der Waals surface area contributed by atoms with Gasteiger partial charge in [-0.2, -0.15) is 0 Å². The van der Waals surface area contributed by atoms with Crippen molar-refractivity contribution in [2.45, 2.75) is 13.8 Å². The molecule has 63 heavy (non-hydrogen) atoms. The number of fused-ring (bicyclic) bond motifs is 12. The second kappa shape index (κ2) is 16.9. The highest BCUT2D eigenvalue weighted by Gasteiger charge is 2.13. The smallest absolute Gasteiger partial charge is 0.145 e. The van der Waals surface area contributed by atoms with Gasteiger partial charge in [-0.1, -0.05) is 88.7 Å². The fourth-order valence-corrected chi connectivity index (χ4v) is 8.37. The highest BCUT2D eigenvalue weighted by Crippen LogP contribution is 2.36. The van der Waals surface area contributed by atoms with Gasteiger partial charge in [0.15, 0.2) is 0 Å². The van der Waals surface area contributed by atoms with Gasteiger partial charge in [-0.15, -0.1) is 0 Å². The van der Waals surface area contributed by atoms with Crippen molar-refractivity contribution >= 4 is 70.6 Å². The molecule has 0 spiro atoms. The summed E-state index contributed by atoms with van der Waals surface area (Å²) in [5.74, 6) is 1.87. The van der Waals surface area contributed by atoms with Crippen LogP contribution in [0, 0.1) is 13.8 Å². The molecule has 0 aliphatic heterocycles. The lowest BCUT2D eigenvalue weighted by Gasteiger charge is -2.13. The van der Waals surface area contributed by atoms with E-state index in [4.69, 9.17) is 4.74 Å². The average molecular weight is 884 g/mol. The van der Waals surface area contributed by atoms with E-state index >= 15 is 0 Å². The molecule has 6 heterocycles. The number of hydrogen-bond acceptors (Lipinski definition) is 6. The summed E-state index contributed by atoms with van der Waals surface area (Å²) in [5, 5.41) is 16.3. The van der Waals surface area contributed by atoms with E-state index < -0.39 is 0 Å². The van der Waals surface area contributed by atoms with Crippen LogP contribution in [0.2, 0.25) is 0 Å². The summed E-state index contributed by atoms with van der Waals surface area (Å²) >= 11 is 3.52. The van der Waals surface area contributed by atoms with Crippen LogP contribution in [-0.2, 0) is 0 Å². The Labute approximate surface area is 371 Å². The highest BCUT2D eigenvalue weighted by atomic mass is 79.9. The molecule has 9 heteroatoms. The Kier molecular flexibility index (Phi) is 10.5. The minimum absolute atomic E-state index is 0.266. The van der Waals surface area contributed by atoms with Gasteiger partial charge in [0.2, 0.25) is 0 Å². The predicted octanol–water partition coefficient (Wildman–Crippen LogP) is 14.0. The molecule has 12 rings (SSSR count).